The molecule has 2 nitrogen and oxygen atoms in total. The van der Waals surface area contributed by atoms with Crippen LogP contribution in [-0.2, 0) is 0 Å². The summed E-state index contributed by atoms with van der Waals surface area (Å²) in [5.41, 5.74) is 2.25. The molecule has 164 valence electrons. The van der Waals surface area contributed by atoms with Crippen LogP contribution in [0.3, 0.4) is 0 Å². The number of ether oxygens (including phenoxy) is 2. The minimum Gasteiger partial charge on any atom is -0.455 e. The Morgan fingerprint density at radius 3 is 1.54 bits per heavy atom. The van der Waals surface area contributed by atoms with Gasteiger partial charge in [0, 0.05) is 29.3 Å². The lowest BCUT2D eigenvalue weighted by atomic mass is 10.0. The Balaban J connectivity index is 1.47. The molecule has 0 aliphatic carbocycles. The molecule has 8 rings (SSSR count). The fraction of sp³-hybridized carbons (Fsp3) is 0. The third kappa shape index (κ3) is 2.75. The first kappa shape index (κ1) is 19.2. The Morgan fingerprint density at radius 2 is 0.971 bits per heavy atom. The largest absolute Gasteiger partial charge is 0.455 e. The fourth-order valence-corrected chi connectivity index (χ4v) is 7.96. The van der Waals surface area contributed by atoms with Gasteiger partial charge in [-0.2, -0.15) is 0 Å². The van der Waals surface area contributed by atoms with Crippen LogP contribution < -0.4 is 25.4 Å². The van der Waals surface area contributed by atoms with E-state index in [4.69, 9.17) is 9.47 Å². The van der Waals surface area contributed by atoms with Crippen molar-refractivity contribution in [2.24, 2.45) is 0 Å². The van der Waals surface area contributed by atoms with Gasteiger partial charge in [-0.05, 0) is 46.2 Å². The molecule has 35 heavy (non-hydrogen) atoms. The molecule has 6 aromatic carbocycles. The molecule has 6 aromatic rings. The van der Waals surface area contributed by atoms with Gasteiger partial charge in [-0.3, -0.25) is 0 Å². The highest BCUT2D eigenvalue weighted by Gasteiger charge is 2.38. The molecule has 3 heteroatoms. The molecule has 0 N–H and O–H groups in total. The highest BCUT2D eigenvalue weighted by atomic mass is 31.1. The molecule has 0 amide bonds. The van der Waals surface area contributed by atoms with Gasteiger partial charge in [-0.15, -0.1) is 0 Å². The van der Waals surface area contributed by atoms with Crippen LogP contribution in [0, 0.1) is 0 Å². The zero-order chi connectivity index (χ0) is 22.9. The van der Waals surface area contributed by atoms with Gasteiger partial charge in [0.1, 0.15) is 23.0 Å². The number of fused-ring (bicyclic) bond motifs is 8. The van der Waals surface area contributed by atoms with Gasteiger partial charge in [0.15, 0.2) is 0 Å². The average Bonchev–Trinajstić information content (AvgIpc) is 2.93. The zero-order valence-electron chi connectivity index (χ0n) is 18.7. The van der Waals surface area contributed by atoms with Gasteiger partial charge < -0.3 is 9.47 Å². The minimum atomic E-state index is -0.829. The maximum Gasteiger partial charge on any atom is 0.143 e. The van der Waals surface area contributed by atoms with Crippen LogP contribution in [0.4, 0.5) is 0 Å². The molecule has 2 aliphatic rings. The summed E-state index contributed by atoms with van der Waals surface area (Å²) in [5, 5.41) is 8.36. The lowest BCUT2D eigenvalue weighted by Crippen LogP contribution is -2.32. The molecule has 2 aliphatic heterocycles. The van der Waals surface area contributed by atoms with Crippen molar-refractivity contribution in [1.29, 1.82) is 0 Å². The minimum absolute atomic E-state index is 0.829. The topological polar surface area (TPSA) is 18.5 Å². The molecule has 0 spiro atoms. The molecule has 0 bridgehead atoms. The van der Waals surface area contributed by atoms with Gasteiger partial charge in [-0.25, -0.2) is 0 Å². The third-order valence-corrected chi connectivity index (χ3v) is 9.55. The highest BCUT2D eigenvalue weighted by Crippen LogP contribution is 2.55. The average molecular weight is 466 g/mol. The maximum absolute atomic E-state index is 6.74. The summed E-state index contributed by atoms with van der Waals surface area (Å²) < 4.78 is 13.5. The van der Waals surface area contributed by atoms with Crippen LogP contribution in [0.15, 0.2) is 115 Å². The van der Waals surface area contributed by atoms with Crippen molar-refractivity contribution in [2.75, 3.05) is 0 Å². The first-order valence-electron chi connectivity index (χ1n) is 11.8. The molecule has 0 saturated carbocycles. The lowest BCUT2D eigenvalue weighted by Gasteiger charge is -2.36. The molecule has 0 radical (unpaired) electrons. The van der Waals surface area contributed by atoms with E-state index >= 15 is 0 Å². The van der Waals surface area contributed by atoms with Gasteiger partial charge >= 0.3 is 0 Å². The molecule has 0 fully saturated rings. The van der Waals surface area contributed by atoms with Crippen molar-refractivity contribution >= 4 is 45.4 Å². The van der Waals surface area contributed by atoms with Gasteiger partial charge in [0.05, 0.1) is 5.30 Å². The predicted octanol–water partition coefficient (Wildman–Crippen LogP) is 7.63. The van der Waals surface area contributed by atoms with Crippen LogP contribution >= 0.6 is 7.92 Å². The van der Waals surface area contributed by atoms with Crippen molar-refractivity contribution in [2.45, 2.75) is 0 Å². The van der Waals surface area contributed by atoms with Crippen LogP contribution in [0.1, 0.15) is 0 Å². The van der Waals surface area contributed by atoms with E-state index < -0.39 is 7.92 Å². The summed E-state index contributed by atoms with van der Waals surface area (Å²) in [6.45, 7) is 0. The van der Waals surface area contributed by atoms with E-state index in [9.17, 15) is 0 Å². The summed E-state index contributed by atoms with van der Waals surface area (Å²) in [4.78, 5) is 0. The number of benzene rings is 6. The molecule has 0 unspecified atom stereocenters. The Kier molecular flexibility index (Phi) is 3.94. The predicted molar refractivity (Wildman–Crippen MR) is 146 cm³/mol. The van der Waals surface area contributed by atoms with Crippen LogP contribution in [0.25, 0.3) is 32.7 Å². The van der Waals surface area contributed by atoms with E-state index in [-0.39, 0.29) is 0 Å². The standard InChI is InChI=1S/C32H19O2P/c1-2-8-20(9-3-1)23-18-26-32-27(19-23)34-31-25-13-7-5-11-22(25)15-17-29(31)35(32)28-16-14-21-10-4-6-12-24(21)30(28)33-26/h1-19H. The number of hydrogen-bond donors (Lipinski definition) is 0. The summed E-state index contributed by atoms with van der Waals surface area (Å²) in [5.74, 6) is 3.74. The molecular weight excluding hydrogens is 447 g/mol. The van der Waals surface area contributed by atoms with E-state index in [1.165, 1.54) is 26.7 Å². The summed E-state index contributed by atoms with van der Waals surface area (Å²) in [6, 6.07) is 40.8. The fourth-order valence-electron chi connectivity index (χ4n) is 5.38. The highest BCUT2D eigenvalue weighted by molar-refractivity contribution is 7.80. The number of rotatable bonds is 1. The van der Waals surface area contributed by atoms with Gasteiger partial charge in [0.2, 0.25) is 0 Å². The van der Waals surface area contributed by atoms with Crippen molar-refractivity contribution < 1.29 is 9.47 Å². The van der Waals surface area contributed by atoms with Crippen LogP contribution in [-0.4, -0.2) is 0 Å². The second kappa shape index (κ2) is 7.18. The summed E-state index contributed by atoms with van der Waals surface area (Å²) in [7, 11) is -0.829. The van der Waals surface area contributed by atoms with Crippen molar-refractivity contribution in [3.05, 3.63) is 115 Å². The van der Waals surface area contributed by atoms with Gasteiger partial charge in [0.25, 0.3) is 0 Å². The lowest BCUT2D eigenvalue weighted by molar-refractivity contribution is 0.472. The first-order chi connectivity index (χ1) is 17.3. The Labute approximate surface area is 204 Å². The van der Waals surface area contributed by atoms with Crippen molar-refractivity contribution in [1.82, 2.24) is 0 Å². The second-order valence-corrected chi connectivity index (χ2v) is 11.1. The monoisotopic (exact) mass is 466 g/mol. The SMILES string of the molecule is c1ccc(-c2cc3c4c(c2)Oc2c(ccc5ccccc25)P4c2ccc4ccccc4c2O3)cc1. The third-order valence-electron chi connectivity index (χ3n) is 6.99. The van der Waals surface area contributed by atoms with Crippen molar-refractivity contribution in [3.8, 4) is 34.1 Å². The Morgan fingerprint density at radius 1 is 0.457 bits per heavy atom. The van der Waals surface area contributed by atoms with Gasteiger partial charge in [-0.1, -0.05) is 91.0 Å². The zero-order valence-corrected chi connectivity index (χ0v) is 19.6. The van der Waals surface area contributed by atoms with Crippen LogP contribution in [0.2, 0.25) is 0 Å². The Bertz CT molecular complexity index is 1700. The maximum atomic E-state index is 6.74. The molecule has 0 atom stereocenters. The normalized spacial score (nSPS) is 13.5. The van der Waals surface area contributed by atoms with Crippen LogP contribution in [0.5, 0.6) is 23.0 Å². The second-order valence-electron chi connectivity index (χ2n) is 9.00. The molecule has 0 aromatic heterocycles. The Hall–Kier alpha value is -4.13. The quantitative estimate of drug-likeness (QED) is 0.232. The van der Waals surface area contributed by atoms with E-state index in [1.54, 1.807) is 0 Å². The molecule has 0 saturated heterocycles. The smallest absolute Gasteiger partial charge is 0.143 e. The summed E-state index contributed by atoms with van der Waals surface area (Å²) >= 11 is 0. The van der Waals surface area contributed by atoms with E-state index in [0.29, 0.717) is 0 Å². The van der Waals surface area contributed by atoms with E-state index in [1.807, 2.05) is 6.07 Å². The number of hydrogen-bond acceptors (Lipinski definition) is 2. The first-order valence-corrected chi connectivity index (χ1v) is 13.1. The summed E-state index contributed by atoms with van der Waals surface area (Å²) in [6.07, 6.45) is 0. The van der Waals surface area contributed by atoms with Crippen molar-refractivity contribution in [3.63, 3.8) is 0 Å². The molecule has 2 heterocycles. The van der Waals surface area contributed by atoms with E-state index in [0.717, 1.165) is 44.9 Å². The molecular formula is C32H19O2P. The van der Waals surface area contributed by atoms with E-state index in [2.05, 4.69) is 109 Å².